The lowest BCUT2D eigenvalue weighted by atomic mass is 10.1. The summed E-state index contributed by atoms with van der Waals surface area (Å²) in [5.41, 5.74) is 4.01. The molecule has 4 heterocycles. The highest BCUT2D eigenvalue weighted by molar-refractivity contribution is 6.37. The molecule has 2 aliphatic rings. The summed E-state index contributed by atoms with van der Waals surface area (Å²) in [6, 6.07) is 20.7. The fourth-order valence-corrected chi connectivity index (χ4v) is 6.53. The molecule has 2 saturated heterocycles. The zero-order valence-corrected chi connectivity index (χ0v) is 26.8. The van der Waals surface area contributed by atoms with Crippen LogP contribution in [0.2, 0.25) is 10.0 Å². The number of rotatable bonds is 6. The minimum atomic E-state index is -0.459. The first-order chi connectivity index (χ1) is 22.4. The molecule has 2 fully saturated rings. The molecule has 5 aromatic rings. The van der Waals surface area contributed by atoms with E-state index in [1.54, 1.807) is 23.1 Å². The molecule has 0 unspecified atom stereocenters. The summed E-state index contributed by atoms with van der Waals surface area (Å²) in [5, 5.41) is 8.87. The number of hydrogen-bond donors (Lipinski definition) is 1. The summed E-state index contributed by atoms with van der Waals surface area (Å²) < 4.78 is 1.20. The van der Waals surface area contributed by atoms with E-state index in [1.165, 1.54) is 10.9 Å². The Morgan fingerprint density at radius 2 is 1.57 bits per heavy atom. The van der Waals surface area contributed by atoms with Gasteiger partial charge in [-0.25, -0.2) is 9.97 Å². The minimum absolute atomic E-state index is 0.0847. The third-order valence-electron chi connectivity index (χ3n) is 8.53. The van der Waals surface area contributed by atoms with Crippen LogP contribution in [0, 0.1) is 0 Å². The number of para-hydroxylation sites is 1. The van der Waals surface area contributed by atoms with E-state index in [-0.39, 0.29) is 27.0 Å². The standard InChI is InChI=1S/C34H32Cl2N8O2/c1-41-16-18-42(19-17-41)24-13-11-23(12-14-24)38-34-37-21-26-31(39-34)30(40-44(33(26)46)32-27(35)8-5-9-28(32)36)22-6-4-7-25(20-22)43-15-3-2-10-29(43)45/h4-9,11-14,20-21H,2-3,10,15-19H2,1H3,(H,37,38,39). The van der Waals surface area contributed by atoms with E-state index in [2.05, 4.69) is 39.3 Å². The van der Waals surface area contributed by atoms with Gasteiger partial charge in [0.1, 0.15) is 16.9 Å². The van der Waals surface area contributed by atoms with Crippen LogP contribution in [0.5, 0.6) is 0 Å². The summed E-state index contributed by atoms with van der Waals surface area (Å²) in [7, 11) is 2.14. The van der Waals surface area contributed by atoms with Crippen molar-refractivity contribution in [1.82, 2.24) is 24.6 Å². The lowest BCUT2D eigenvalue weighted by Crippen LogP contribution is -2.44. The van der Waals surface area contributed by atoms with E-state index >= 15 is 0 Å². The summed E-state index contributed by atoms with van der Waals surface area (Å²) in [4.78, 5) is 42.4. The van der Waals surface area contributed by atoms with Crippen LogP contribution in [0.3, 0.4) is 0 Å². The van der Waals surface area contributed by atoms with Gasteiger partial charge < -0.3 is 20.0 Å². The molecule has 0 bridgehead atoms. The number of amides is 1. The number of nitrogens with zero attached hydrogens (tertiary/aromatic N) is 7. The van der Waals surface area contributed by atoms with Gasteiger partial charge in [0.25, 0.3) is 5.56 Å². The predicted octanol–water partition coefficient (Wildman–Crippen LogP) is 6.16. The lowest BCUT2D eigenvalue weighted by molar-refractivity contribution is -0.119. The number of piperidine rings is 1. The third kappa shape index (κ3) is 5.91. The van der Waals surface area contributed by atoms with Crippen molar-refractivity contribution in [2.24, 2.45) is 0 Å². The molecule has 0 saturated carbocycles. The van der Waals surface area contributed by atoms with Crippen LogP contribution in [0.4, 0.5) is 23.0 Å². The Labute approximate surface area is 276 Å². The molecule has 3 aromatic carbocycles. The molecule has 12 heteroatoms. The molecule has 46 heavy (non-hydrogen) atoms. The monoisotopic (exact) mass is 654 g/mol. The van der Waals surface area contributed by atoms with E-state index in [0.717, 1.165) is 56.1 Å². The van der Waals surface area contributed by atoms with Crippen LogP contribution < -0.4 is 20.7 Å². The Morgan fingerprint density at radius 3 is 2.30 bits per heavy atom. The lowest BCUT2D eigenvalue weighted by Gasteiger charge is -2.34. The molecule has 1 amide bonds. The van der Waals surface area contributed by atoms with E-state index in [0.29, 0.717) is 35.7 Å². The molecule has 7 rings (SSSR count). The summed E-state index contributed by atoms with van der Waals surface area (Å²) in [6.07, 6.45) is 3.83. The molecule has 2 aromatic heterocycles. The highest BCUT2D eigenvalue weighted by Gasteiger charge is 2.23. The fourth-order valence-electron chi connectivity index (χ4n) is 5.97. The zero-order chi connectivity index (χ0) is 31.8. The Balaban J connectivity index is 1.31. The SMILES string of the molecule is CN1CCN(c2ccc(Nc3ncc4c(=O)n(-c5c(Cl)cccc5Cl)nc(-c5cccc(N6CCCCC6=O)c5)c4n3)cc2)CC1. The Morgan fingerprint density at radius 1 is 0.826 bits per heavy atom. The van der Waals surface area contributed by atoms with Crippen molar-refractivity contribution in [3.63, 3.8) is 0 Å². The van der Waals surface area contributed by atoms with Gasteiger partial charge >= 0.3 is 0 Å². The first-order valence-electron chi connectivity index (χ1n) is 15.3. The molecule has 2 aliphatic heterocycles. The fraction of sp³-hybridized carbons (Fsp3) is 0.265. The smallest absolute Gasteiger partial charge is 0.282 e. The highest BCUT2D eigenvalue weighted by atomic mass is 35.5. The number of halogens is 2. The first-order valence-corrected chi connectivity index (χ1v) is 16.1. The Bertz CT molecular complexity index is 1970. The number of anilines is 4. The van der Waals surface area contributed by atoms with E-state index in [4.69, 9.17) is 33.3 Å². The second-order valence-corrected chi connectivity index (χ2v) is 12.4. The minimum Gasteiger partial charge on any atom is -0.369 e. The summed E-state index contributed by atoms with van der Waals surface area (Å²) in [5.74, 6) is 0.402. The van der Waals surface area contributed by atoms with Crippen LogP contribution in [0.1, 0.15) is 19.3 Å². The maximum absolute atomic E-state index is 13.9. The zero-order valence-electron chi connectivity index (χ0n) is 25.3. The van der Waals surface area contributed by atoms with Crippen molar-refractivity contribution in [2.75, 3.05) is 54.9 Å². The maximum Gasteiger partial charge on any atom is 0.282 e. The Hall–Kier alpha value is -4.51. The molecular formula is C34H32Cl2N8O2. The van der Waals surface area contributed by atoms with Crippen molar-refractivity contribution >= 4 is 63.0 Å². The van der Waals surface area contributed by atoms with Crippen molar-refractivity contribution in [3.05, 3.63) is 93.3 Å². The number of fused-ring (bicyclic) bond motifs is 1. The van der Waals surface area contributed by atoms with Gasteiger partial charge in [-0.2, -0.15) is 9.78 Å². The largest absolute Gasteiger partial charge is 0.369 e. The molecule has 0 aliphatic carbocycles. The highest BCUT2D eigenvalue weighted by Crippen LogP contribution is 2.32. The van der Waals surface area contributed by atoms with Crippen LogP contribution in [0.25, 0.3) is 27.8 Å². The average Bonchev–Trinajstić information content (AvgIpc) is 3.07. The second kappa shape index (κ2) is 12.7. The number of piperazine rings is 1. The topological polar surface area (TPSA) is 99.5 Å². The van der Waals surface area contributed by atoms with Crippen LogP contribution in [-0.4, -0.2) is 70.3 Å². The second-order valence-electron chi connectivity index (χ2n) is 11.6. The van der Waals surface area contributed by atoms with Gasteiger partial charge in [0.15, 0.2) is 0 Å². The average molecular weight is 656 g/mol. The van der Waals surface area contributed by atoms with Gasteiger partial charge in [-0.15, -0.1) is 0 Å². The van der Waals surface area contributed by atoms with Crippen LogP contribution in [-0.2, 0) is 4.79 Å². The van der Waals surface area contributed by atoms with Gasteiger partial charge in [-0.3, -0.25) is 9.59 Å². The molecule has 0 radical (unpaired) electrons. The van der Waals surface area contributed by atoms with Crippen molar-refractivity contribution in [2.45, 2.75) is 19.3 Å². The van der Waals surface area contributed by atoms with Crippen LogP contribution >= 0.6 is 23.2 Å². The van der Waals surface area contributed by atoms with E-state index in [1.807, 2.05) is 36.4 Å². The molecule has 1 N–H and O–H groups in total. The van der Waals surface area contributed by atoms with Gasteiger partial charge in [0.2, 0.25) is 11.9 Å². The Kier molecular flexibility index (Phi) is 8.33. The normalized spacial score (nSPS) is 15.8. The first kappa shape index (κ1) is 30.2. The molecule has 234 valence electrons. The number of aromatic nitrogens is 4. The number of benzene rings is 3. The number of hydrogen-bond acceptors (Lipinski definition) is 8. The van der Waals surface area contributed by atoms with Gasteiger partial charge in [-0.1, -0.05) is 41.4 Å². The van der Waals surface area contributed by atoms with Gasteiger partial charge in [-0.05, 0) is 68.4 Å². The molecule has 0 atom stereocenters. The van der Waals surface area contributed by atoms with Crippen molar-refractivity contribution in [3.8, 4) is 16.9 Å². The predicted molar refractivity (Wildman–Crippen MR) is 184 cm³/mol. The molecular weight excluding hydrogens is 623 g/mol. The van der Waals surface area contributed by atoms with Crippen molar-refractivity contribution < 1.29 is 4.79 Å². The van der Waals surface area contributed by atoms with E-state index < -0.39 is 5.56 Å². The van der Waals surface area contributed by atoms with Gasteiger partial charge in [0.05, 0.1) is 15.4 Å². The third-order valence-corrected chi connectivity index (χ3v) is 9.14. The maximum atomic E-state index is 13.9. The van der Waals surface area contributed by atoms with Gasteiger partial charge in [0, 0.05) is 68.0 Å². The number of nitrogens with one attached hydrogen (secondary N) is 1. The number of carbonyl (C=O) groups excluding carboxylic acids is 1. The number of carbonyl (C=O) groups is 1. The quantitative estimate of drug-likeness (QED) is 0.232. The molecule has 0 spiro atoms. The molecule has 10 nitrogen and oxygen atoms in total. The number of likely N-dealkylation sites (N-methyl/N-ethyl adjacent to an activating group) is 1. The van der Waals surface area contributed by atoms with E-state index in [9.17, 15) is 9.59 Å². The summed E-state index contributed by atoms with van der Waals surface area (Å²) in [6.45, 7) is 4.68. The van der Waals surface area contributed by atoms with Crippen LogP contribution in [0.15, 0.2) is 77.7 Å². The van der Waals surface area contributed by atoms with Crippen molar-refractivity contribution in [1.29, 1.82) is 0 Å². The summed E-state index contributed by atoms with van der Waals surface area (Å²) >= 11 is 13.1.